The fourth-order valence-electron chi connectivity index (χ4n) is 1.20. The number of methoxy groups -OCH3 is 1. The Morgan fingerprint density at radius 1 is 1.57 bits per heavy atom. The van der Waals surface area contributed by atoms with E-state index < -0.39 is 17.7 Å². The second kappa shape index (κ2) is 4.09. The second-order valence-electron chi connectivity index (χ2n) is 3.03. The summed E-state index contributed by atoms with van der Waals surface area (Å²) in [4.78, 5) is 11.1. The van der Waals surface area contributed by atoms with Crippen LogP contribution in [0.25, 0.3) is 0 Å². The molecule has 14 heavy (non-hydrogen) atoms. The number of anilines is 1. The van der Waals surface area contributed by atoms with Gasteiger partial charge in [0, 0.05) is 11.3 Å². The summed E-state index contributed by atoms with van der Waals surface area (Å²) in [6.45, 7) is 1.58. The smallest absolute Gasteiger partial charge is 0.312 e. The van der Waals surface area contributed by atoms with E-state index in [-0.39, 0.29) is 0 Å². The highest BCUT2D eigenvalue weighted by Crippen LogP contribution is 2.21. The van der Waals surface area contributed by atoms with Crippen LogP contribution in [0.4, 0.5) is 10.1 Å². The zero-order chi connectivity index (χ0) is 10.7. The summed E-state index contributed by atoms with van der Waals surface area (Å²) in [6.07, 6.45) is 0. The molecule has 0 spiro atoms. The average molecular weight is 197 g/mol. The molecule has 0 heterocycles. The molecule has 1 aromatic rings. The number of nitrogen functional groups attached to an aromatic ring is 1. The SMILES string of the molecule is COC(=O)C(C)c1ccc(N)cc1F. The molecule has 76 valence electrons. The Hall–Kier alpha value is -1.58. The molecular weight excluding hydrogens is 185 g/mol. The third kappa shape index (κ3) is 2.02. The van der Waals surface area contributed by atoms with E-state index >= 15 is 0 Å². The maximum atomic E-state index is 13.3. The Kier molecular flexibility index (Phi) is 3.06. The van der Waals surface area contributed by atoms with Gasteiger partial charge in [-0.2, -0.15) is 0 Å². The second-order valence-corrected chi connectivity index (χ2v) is 3.03. The third-order valence-corrected chi connectivity index (χ3v) is 2.05. The minimum Gasteiger partial charge on any atom is -0.469 e. The van der Waals surface area contributed by atoms with Gasteiger partial charge in [-0.05, 0) is 19.1 Å². The third-order valence-electron chi connectivity index (χ3n) is 2.05. The molecule has 3 nitrogen and oxygen atoms in total. The number of carbonyl (C=O) groups is 1. The van der Waals surface area contributed by atoms with Crippen molar-refractivity contribution in [2.75, 3.05) is 12.8 Å². The molecule has 0 fully saturated rings. The van der Waals surface area contributed by atoms with Gasteiger partial charge < -0.3 is 10.5 Å². The Morgan fingerprint density at radius 3 is 2.71 bits per heavy atom. The molecule has 2 N–H and O–H groups in total. The van der Waals surface area contributed by atoms with Gasteiger partial charge in [-0.25, -0.2) is 4.39 Å². The van der Waals surface area contributed by atoms with E-state index in [1.165, 1.54) is 19.2 Å². The first-order valence-electron chi connectivity index (χ1n) is 4.19. The van der Waals surface area contributed by atoms with Gasteiger partial charge in [0.15, 0.2) is 0 Å². The first-order valence-corrected chi connectivity index (χ1v) is 4.19. The molecule has 1 atom stereocenters. The predicted molar refractivity (Wildman–Crippen MR) is 51.2 cm³/mol. The van der Waals surface area contributed by atoms with Crippen molar-refractivity contribution >= 4 is 11.7 Å². The van der Waals surface area contributed by atoms with Crippen LogP contribution in [0.5, 0.6) is 0 Å². The van der Waals surface area contributed by atoms with Crippen LogP contribution in [0.1, 0.15) is 18.4 Å². The van der Waals surface area contributed by atoms with Gasteiger partial charge in [-0.1, -0.05) is 6.07 Å². The predicted octanol–water partition coefficient (Wildman–Crippen LogP) is 1.68. The van der Waals surface area contributed by atoms with Crippen LogP contribution in [-0.4, -0.2) is 13.1 Å². The fraction of sp³-hybridized carbons (Fsp3) is 0.300. The highest BCUT2D eigenvalue weighted by molar-refractivity contribution is 5.77. The molecule has 0 aliphatic heterocycles. The molecular formula is C10H12FNO2. The fourth-order valence-corrected chi connectivity index (χ4v) is 1.20. The molecule has 4 heteroatoms. The maximum Gasteiger partial charge on any atom is 0.312 e. The van der Waals surface area contributed by atoms with Crippen LogP contribution in [0, 0.1) is 5.82 Å². The van der Waals surface area contributed by atoms with Crippen molar-refractivity contribution in [1.29, 1.82) is 0 Å². The number of ether oxygens (including phenoxy) is 1. The van der Waals surface area contributed by atoms with Crippen LogP contribution < -0.4 is 5.73 Å². The van der Waals surface area contributed by atoms with Gasteiger partial charge >= 0.3 is 5.97 Å². The molecule has 0 aliphatic carbocycles. The molecule has 0 aromatic heterocycles. The summed E-state index contributed by atoms with van der Waals surface area (Å²) >= 11 is 0. The normalized spacial score (nSPS) is 12.2. The van der Waals surface area contributed by atoms with Crippen LogP contribution in [0.2, 0.25) is 0 Å². The van der Waals surface area contributed by atoms with Gasteiger partial charge in [-0.3, -0.25) is 4.79 Å². The van der Waals surface area contributed by atoms with Crippen molar-refractivity contribution in [3.05, 3.63) is 29.6 Å². The largest absolute Gasteiger partial charge is 0.469 e. The average Bonchev–Trinajstić information content (AvgIpc) is 2.15. The number of halogens is 1. The minimum absolute atomic E-state index is 0.297. The number of nitrogens with two attached hydrogens (primary N) is 1. The lowest BCUT2D eigenvalue weighted by Crippen LogP contribution is -2.12. The number of hydrogen-bond donors (Lipinski definition) is 1. The monoisotopic (exact) mass is 197 g/mol. The van der Waals surface area contributed by atoms with Crippen LogP contribution in [-0.2, 0) is 9.53 Å². The summed E-state index contributed by atoms with van der Waals surface area (Å²) in [5, 5.41) is 0. The zero-order valence-corrected chi connectivity index (χ0v) is 8.08. The van der Waals surface area contributed by atoms with Gasteiger partial charge in [0.05, 0.1) is 13.0 Å². The lowest BCUT2D eigenvalue weighted by Gasteiger charge is -2.10. The molecule has 0 aliphatic rings. The summed E-state index contributed by atoms with van der Waals surface area (Å²) in [6, 6.07) is 4.23. The topological polar surface area (TPSA) is 52.3 Å². The lowest BCUT2D eigenvalue weighted by molar-refractivity contribution is -0.142. The standard InChI is InChI=1S/C10H12FNO2/c1-6(10(13)14-2)8-4-3-7(12)5-9(8)11/h3-6H,12H2,1-2H3. The van der Waals surface area contributed by atoms with Crippen molar-refractivity contribution in [2.24, 2.45) is 0 Å². The van der Waals surface area contributed by atoms with Crippen LogP contribution >= 0.6 is 0 Å². The highest BCUT2D eigenvalue weighted by Gasteiger charge is 2.18. The Bertz CT molecular complexity index is 352. The molecule has 0 radical (unpaired) electrons. The number of benzene rings is 1. The summed E-state index contributed by atoms with van der Waals surface area (Å²) in [5.74, 6) is -1.56. The first kappa shape index (κ1) is 10.5. The van der Waals surface area contributed by atoms with Gasteiger partial charge in [-0.15, -0.1) is 0 Å². The van der Waals surface area contributed by atoms with Crippen molar-refractivity contribution < 1.29 is 13.9 Å². The van der Waals surface area contributed by atoms with E-state index in [1.807, 2.05) is 0 Å². The van der Waals surface area contributed by atoms with E-state index in [2.05, 4.69) is 4.74 Å². The molecule has 1 aromatic carbocycles. The van der Waals surface area contributed by atoms with E-state index in [4.69, 9.17) is 5.73 Å². The first-order chi connectivity index (χ1) is 6.56. The summed E-state index contributed by atoms with van der Waals surface area (Å²) in [5.41, 5.74) is 6.01. The molecule has 0 bridgehead atoms. The van der Waals surface area contributed by atoms with Crippen molar-refractivity contribution in [3.8, 4) is 0 Å². The van der Waals surface area contributed by atoms with E-state index in [1.54, 1.807) is 13.0 Å². The van der Waals surface area contributed by atoms with Crippen molar-refractivity contribution in [1.82, 2.24) is 0 Å². The Morgan fingerprint density at radius 2 is 2.21 bits per heavy atom. The van der Waals surface area contributed by atoms with Gasteiger partial charge in [0.25, 0.3) is 0 Å². The van der Waals surface area contributed by atoms with Gasteiger partial charge in [0.2, 0.25) is 0 Å². The summed E-state index contributed by atoms with van der Waals surface area (Å²) in [7, 11) is 1.27. The number of rotatable bonds is 2. The highest BCUT2D eigenvalue weighted by atomic mass is 19.1. The Labute approximate surface area is 81.7 Å². The van der Waals surface area contributed by atoms with Crippen molar-refractivity contribution in [3.63, 3.8) is 0 Å². The lowest BCUT2D eigenvalue weighted by atomic mass is 10.0. The Balaban J connectivity index is 3.01. The quantitative estimate of drug-likeness (QED) is 0.579. The number of esters is 1. The summed E-state index contributed by atoms with van der Waals surface area (Å²) < 4.78 is 17.8. The molecule has 0 amide bonds. The maximum absolute atomic E-state index is 13.3. The minimum atomic E-state index is -0.611. The van der Waals surface area contributed by atoms with E-state index in [0.29, 0.717) is 11.3 Å². The van der Waals surface area contributed by atoms with E-state index in [9.17, 15) is 9.18 Å². The van der Waals surface area contributed by atoms with E-state index in [0.717, 1.165) is 0 Å². The number of carbonyl (C=O) groups excluding carboxylic acids is 1. The molecule has 1 rings (SSSR count). The van der Waals surface area contributed by atoms with Crippen LogP contribution in [0.3, 0.4) is 0 Å². The van der Waals surface area contributed by atoms with Gasteiger partial charge in [0.1, 0.15) is 5.82 Å². The molecule has 0 saturated carbocycles. The number of hydrogen-bond acceptors (Lipinski definition) is 3. The van der Waals surface area contributed by atoms with Crippen LogP contribution in [0.15, 0.2) is 18.2 Å². The molecule has 0 saturated heterocycles. The zero-order valence-electron chi connectivity index (χ0n) is 8.08. The van der Waals surface area contributed by atoms with Crippen molar-refractivity contribution in [2.45, 2.75) is 12.8 Å². The molecule has 1 unspecified atom stereocenters.